The molecule has 0 saturated carbocycles. The Kier molecular flexibility index (Phi) is 3.78. The van der Waals surface area contributed by atoms with E-state index in [1.54, 1.807) is 30.3 Å². The number of pyridine rings is 1. The second-order valence-corrected chi connectivity index (χ2v) is 4.68. The van der Waals surface area contributed by atoms with Gasteiger partial charge in [0.15, 0.2) is 0 Å². The molecular weight excluding hydrogens is 278 g/mol. The van der Waals surface area contributed by atoms with Gasteiger partial charge in [0.2, 0.25) is 0 Å². The Labute approximate surface area is 126 Å². The maximum atomic E-state index is 12.0. The monoisotopic (exact) mass is 291 g/mol. The van der Waals surface area contributed by atoms with Gasteiger partial charge in [0, 0.05) is 5.39 Å². The minimum Gasteiger partial charge on any atom is -0.508 e. The lowest BCUT2D eigenvalue weighted by Crippen LogP contribution is -2.18. The third kappa shape index (κ3) is 3.09. The number of aromatic hydroxyl groups is 1. The number of fused-ring (bicyclic) bond motifs is 1. The standard InChI is InChI=1S/C17H13N3O2/c21-14-8-5-12(6-9-14)11-18-20-17(22)16-10-7-13-3-1-2-4-15(13)19-16/h1-11,21H,(H,20,22)/b18-11+. The summed E-state index contributed by atoms with van der Waals surface area (Å²) in [6.45, 7) is 0. The zero-order valence-electron chi connectivity index (χ0n) is 11.6. The summed E-state index contributed by atoms with van der Waals surface area (Å²) in [6, 6.07) is 17.6. The molecular formula is C17H13N3O2. The lowest BCUT2D eigenvalue weighted by molar-refractivity contribution is 0.0950. The van der Waals surface area contributed by atoms with Crippen molar-refractivity contribution in [1.82, 2.24) is 10.4 Å². The van der Waals surface area contributed by atoms with Gasteiger partial charge in [-0.2, -0.15) is 5.10 Å². The number of nitrogens with one attached hydrogen (secondary N) is 1. The molecule has 2 aromatic carbocycles. The molecule has 1 amide bonds. The van der Waals surface area contributed by atoms with Crippen molar-refractivity contribution in [1.29, 1.82) is 0 Å². The Morgan fingerprint density at radius 3 is 2.64 bits per heavy atom. The van der Waals surface area contributed by atoms with Crippen molar-refractivity contribution in [2.24, 2.45) is 5.10 Å². The molecule has 1 heterocycles. The van der Waals surface area contributed by atoms with Crippen LogP contribution in [0.25, 0.3) is 10.9 Å². The molecule has 5 heteroatoms. The molecule has 0 atom stereocenters. The SMILES string of the molecule is O=C(N/N=C/c1ccc(O)cc1)c1ccc2ccccc2n1. The molecule has 0 fully saturated rings. The molecule has 0 spiro atoms. The Morgan fingerprint density at radius 1 is 1.05 bits per heavy atom. The summed E-state index contributed by atoms with van der Waals surface area (Å²) in [6.07, 6.45) is 1.50. The molecule has 0 saturated heterocycles. The van der Waals surface area contributed by atoms with Gasteiger partial charge in [0.05, 0.1) is 11.7 Å². The number of phenolic OH excluding ortho intramolecular Hbond substituents is 1. The third-order valence-corrected chi connectivity index (χ3v) is 3.10. The van der Waals surface area contributed by atoms with Gasteiger partial charge < -0.3 is 5.11 Å². The van der Waals surface area contributed by atoms with Crippen LogP contribution in [0.5, 0.6) is 5.75 Å². The predicted molar refractivity (Wildman–Crippen MR) is 84.9 cm³/mol. The summed E-state index contributed by atoms with van der Waals surface area (Å²) in [5.74, 6) is -0.192. The van der Waals surface area contributed by atoms with Crippen molar-refractivity contribution in [3.8, 4) is 5.75 Å². The maximum absolute atomic E-state index is 12.0. The van der Waals surface area contributed by atoms with Crippen LogP contribution >= 0.6 is 0 Å². The normalized spacial score (nSPS) is 10.9. The second kappa shape index (κ2) is 6.05. The first-order valence-corrected chi connectivity index (χ1v) is 6.70. The van der Waals surface area contributed by atoms with E-state index in [0.717, 1.165) is 16.5 Å². The van der Waals surface area contributed by atoms with Gasteiger partial charge in [-0.3, -0.25) is 4.79 Å². The number of aromatic nitrogens is 1. The van der Waals surface area contributed by atoms with Crippen LogP contribution < -0.4 is 5.43 Å². The van der Waals surface area contributed by atoms with Gasteiger partial charge in [-0.05, 0) is 42.0 Å². The fraction of sp³-hybridized carbons (Fsp3) is 0. The summed E-state index contributed by atoms with van der Waals surface area (Å²) >= 11 is 0. The molecule has 0 bridgehead atoms. The molecule has 0 aliphatic rings. The number of nitrogens with zero attached hydrogens (tertiary/aromatic N) is 2. The number of hydrogen-bond donors (Lipinski definition) is 2. The quantitative estimate of drug-likeness (QED) is 0.575. The van der Waals surface area contributed by atoms with Gasteiger partial charge in [0.1, 0.15) is 11.4 Å². The summed E-state index contributed by atoms with van der Waals surface area (Å²) < 4.78 is 0. The molecule has 5 nitrogen and oxygen atoms in total. The summed E-state index contributed by atoms with van der Waals surface area (Å²) in [4.78, 5) is 16.3. The Hall–Kier alpha value is -3.21. The maximum Gasteiger partial charge on any atom is 0.289 e. The minimum atomic E-state index is -0.374. The van der Waals surface area contributed by atoms with Gasteiger partial charge in [-0.1, -0.05) is 24.3 Å². The van der Waals surface area contributed by atoms with E-state index in [1.165, 1.54) is 6.21 Å². The number of hydrazone groups is 1. The molecule has 108 valence electrons. The van der Waals surface area contributed by atoms with Crippen LogP contribution in [-0.4, -0.2) is 22.2 Å². The van der Waals surface area contributed by atoms with E-state index in [4.69, 9.17) is 0 Å². The van der Waals surface area contributed by atoms with Crippen LogP contribution in [0.3, 0.4) is 0 Å². The lowest BCUT2D eigenvalue weighted by Gasteiger charge is -2.01. The molecule has 0 radical (unpaired) electrons. The fourth-order valence-corrected chi connectivity index (χ4v) is 1.98. The molecule has 1 aromatic heterocycles. The summed E-state index contributed by atoms with van der Waals surface area (Å²) in [5, 5.41) is 14.0. The number of amides is 1. The van der Waals surface area contributed by atoms with E-state index in [-0.39, 0.29) is 11.7 Å². The fourth-order valence-electron chi connectivity index (χ4n) is 1.98. The predicted octanol–water partition coefficient (Wildman–Crippen LogP) is 2.70. The first kappa shape index (κ1) is 13.8. The van der Waals surface area contributed by atoms with Gasteiger partial charge in [-0.25, -0.2) is 10.4 Å². The van der Waals surface area contributed by atoms with Gasteiger partial charge >= 0.3 is 0 Å². The first-order valence-electron chi connectivity index (χ1n) is 6.70. The first-order chi connectivity index (χ1) is 10.7. The van der Waals surface area contributed by atoms with E-state index in [2.05, 4.69) is 15.5 Å². The molecule has 0 aliphatic heterocycles. The second-order valence-electron chi connectivity index (χ2n) is 4.68. The van der Waals surface area contributed by atoms with Crippen molar-refractivity contribution in [3.63, 3.8) is 0 Å². The van der Waals surface area contributed by atoms with E-state index < -0.39 is 0 Å². The number of carbonyl (C=O) groups excluding carboxylic acids is 1. The number of para-hydroxylation sites is 1. The van der Waals surface area contributed by atoms with Crippen LogP contribution in [0.1, 0.15) is 16.1 Å². The van der Waals surface area contributed by atoms with E-state index in [1.807, 2.05) is 30.3 Å². The molecule has 0 aliphatic carbocycles. The number of carbonyl (C=O) groups is 1. The van der Waals surface area contributed by atoms with E-state index >= 15 is 0 Å². The minimum absolute atomic E-state index is 0.182. The van der Waals surface area contributed by atoms with Gasteiger partial charge in [-0.15, -0.1) is 0 Å². The largest absolute Gasteiger partial charge is 0.508 e. The number of phenols is 1. The van der Waals surface area contributed by atoms with E-state index in [0.29, 0.717) is 5.69 Å². The van der Waals surface area contributed by atoms with E-state index in [9.17, 15) is 9.90 Å². The number of rotatable bonds is 3. The van der Waals surface area contributed by atoms with Crippen LogP contribution in [0, 0.1) is 0 Å². The van der Waals surface area contributed by atoms with Gasteiger partial charge in [0.25, 0.3) is 5.91 Å². The topological polar surface area (TPSA) is 74.6 Å². The zero-order chi connectivity index (χ0) is 15.4. The molecule has 0 unspecified atom stereocenters. The smallest absolute Gasteiger partial charge is 0.289 e. The third-order valence-electron chi connectivity index (χ3n) is 3.10. The van der Waals surface area contributed by atoms with Crippen LogP contribution in [-0.2, 0) is 0 Å². The van der Waals surface area contributed by atoms with Crippen molar-refractivity contribution < 1.29 is 9.90 Å². The zero-order valence-corrected chi connectivity index (χ0v) is 11.6. The van der Waals surface area contributed by atoms with Crippen LogP contribution in [0.2, 0.25) is 0 Å². The highest BCUT2D eigenvalue weighted by molar-refractivity contribution is 5.95. The van der Waals surface area contributed by atoms with Crippen molar-refractivity contribution >= 4 is 23.0 Å². The molecule has 2 N–H and O–H groups in total. The highest BCUT2D eigenvalue weighted by Crippen LogP contribution is 2.11. The number of hydrogen-bond acceptors (Lipinski definition) is 4. The van der Waals surface area contributed by atoms with Crippen molar-refractivity contribution in [2.75, 3.05) is 0 Å². The molecule has 3 rings (SSSR count). The Balaban J connectivity index is 1.71. The summed E-state index contributed by atoms with van der Waals surface area (Å²) in [7, 11) is 0. The van der Waals surface area contributed by atoms with Crippen LogP contribution in [0.4, 0.5) is 0 Å². The Bertz CT molecular complexity index is 842. The number of benzene rings is 2. The Morgan fingerprint density at radius 2 is 1.82 bits per heavy atom. The highest BCUT2D eigenvalue weighted by atomic mass is 16.3. The molecule has 22 heavy (non-hydrogen) atoms. The summed E-state index contributed by atoms with van der Waals surface area (Å²) in [5.41, 5.74) is 4.27. The average Bonchev–Trinajstić information content (AvgIpc) is 2.56. The van der Waals surface area contributed by atoms with Crippen LogP contribution in [0.15, 0.2) is 65.8 Å². The average molecular weight is 291 g/mol. The van der Waals surface area contributed by atoms with Crippen molar-refractivity contribution in [2.45, 2.75) is 0 Å². The lowest BCUT2D eigenvalue weighted by atomic mass is 10.2. The van der Waals surface area contributed by atoms with Crippen molar-refractivity contribution in [3.05, 3.63) is 71.9 Å². The molecule has 3 aromatic rings. The highest BCUT2D eigenvalue weighted by Gasteiger charge is 2.06.